The minimum atomic E-state index is -0.491. The third-order valence-corrected chi connectivity index (χ3v) is 13.3. The first-order chi connectivity index (χ1) is 33.3. The molecule has 294 valence electrons. The monoisotopic (exact) mass is 826 g/mol. The minimum absolute atomic E-state index is 0.0324. The maximum absolute atomic E-state index is 9.18. The van der Waals surface area contributed by atoms with Crippen LogP contribution in [0.2, 0.25) is 0 Å². The number of thiophene rings is 1. The molecule has 13 rings (SSSR count). The Bertz CT molecular complexity index is 4140. The van der Waals surface area contributed by atoms with Crippen LogP contribution in [0.25, 0.3) is 120 Å². The first-order valence-electron chi connectivity index (χ1n) is 23.3. The van der Waals surface area contributed by atoms with Gasteiger partial charge < -0.3 is 4.57 Å². The average molecular weight is 827 g/mol. The summed E-state index contributed by atoms with van der Waals surface area (Å²) in [6.45, 7) is 0. The number of benzene rings is 9. The fourth-order valence-corrected chi connectivity index (χ4v) is 10.4. The molecule has 4 heterocycles. The molecular weight excluding hydrogens is 787 g/mol. The van der Waals surface area contributed by atoms with Crippen molar-refractivity contribution in [1.82, 2.24) is 24.1 Å². The quantitative estimate of drug-likeness (QED) is 0.168. The molecule has 0 radical (unpaired) electrons. The standard InChI is InChI=1S/C57H35N5S/c1-4-16-36(17-5-1)39-29-31-53-46(32-39)47-34-41(61-49-25-13-10-22-42(49)43-23-11-14-26-50(43)61)35-48(54(47)63-53)56-58-55(38-20-8-3-9-21-38)59-57(60-56)62-51-27-15-12-24-44(51)45-30-28-40(33-52(45)62)37-18-6-2-7-19-37/h1-35H/i3D,8D,9D,20D,21D. The molecule has 0 aliphatic carbocycles. The molecule has 6 heteroatoms. The van der Waals surface area contributed by atoms with Gasteiger partial charge in [0.2, 0.25) is 5.95 Å². The van der Waals surface area contributed by atoms with Crippen LogP contribution in [0, 0.1) is 0 Å². The van der Waals surface area contributed by atoms with Crippen LogP contribution < -0.4 is 0 Å². The summed E-state index contributed by atoms with van der Waals surface area (Å²) in [5.41, 5.74) is 9.52. The number of hydrogen-bond donors (Lipinski definition) is 0. The van der Waals surface area contributed by atoms with Crippen molar-refractivity contribution in [3.8, 4) is 56.7 Å². The SMILES string of the molecule is [2H]c1c([2H])c([2H])c(-c2nc(-c3cc(-n4c5ccccc5c5ccccc54)cc4c3sc3ccc(-c5ccccc5)cc34)nc(-n3c4ccccc4c4ccc(-c5ccccc5)cc43)n2)c([2H])c1[2H]. The molecule has 5 nitrogen and oxygen atoms in total. The molecule has 0 saturated carbocycles. The van der Waals surface area contributed by atoms with E-state index in [0.29, 0.717) is 11.4 Å². The largest absolute Gasteiger partial charge is 0.309 e. The number of aromatic nitrogens is 5. The summed E-state index contributed by atoms with van der Waals surface area (Å²) < 4.78 is 50.6. The van der Waals surface area contributed by atoms with Gasteiger partial charge in [0.1, 0.15) is 0 Å². The molecule has 0 fully saturated rings. The maximum atomic E-state index is 9.18. The van der Waals surface area contributed by atoms with Crippen molar-refractivity contribution in [1.29, 1.82) is 0 Å². The van der Waals surface area contributed by atoms with Gasteiger partial charge >= 0.3 is 0 Å². The number of nitrogens with zero attached hydrogens (tertiary/aromatic N) is 5. The Kier molecular flexibility index (Phi) is 6.94. The molecule has 0 spiro atoms. The Morgan fingerprint density at radius 1 is 0.381 bits per heavy atom. The Balaban J connectivity index is 1.17. The van der Waals surface area contributed by atoms with Gasteiger partial charge in [-0.3, -0.25) is 4.57 Å². The molecule has 0 N–H and O–H groups in total. The zero-order chi connectivity index (χ0) is 45.8. The normalized spacial score (nSPS) is 12.9. The van der Waals surface area contributed by atoms with Gasteiger partial charge in [-0.15, -0.1) is 11.3 Å². The lowest BCUT2D eigenvalue weighted by Gasteiger charge is -2.14. The van der Waals surface area contributed by atoms with E-state index in [9.17, 15) is 2.74 Å². The molecule has 0 amide bonds. The first-order valence-corrected chi connectivity index (χ1v) is 21.6. The summed E-state index contributed by atoms with van der Waals surface area (Å²) in [7, 11) is 0. The highest BCUT2D eigenvalue weighted by Gasteiger charge is 2.23. The summed E-state index contributed by atoms with van der Waals surface area (Å²) in [5, 5.41) is 6.31. The molecule has 0 bridgehead atoms. The molecule has 0 unspecified atom stereocenters. The Morgan fingerprint density at radius 3 is 1.60 bits per heavy atom. The lowest BCUT2D eigenvalue weighted by atomic mass is 10.0. The van der Waals surface area contributed by atoms with E-state index in [0.717, 1.165) is 91.7 Å². The van der Waals surface area contributed by atoms with E-state index in [1.807, 2.05) is 47.0 Å². The summed E-state index contributed by atoms with van der Waals surface area (Å²) in [6, 6.07) is 60.6. The Morgan fingerprint density at radius 2 is 0.937 bits per heavy atom. The van der Waals surface area contributed by atoms with E-state index in [-0.39, 0.29) is 17.3 Å². The van der Waals surface area contributed by atoms with Crippen LogP contribution in [-0.2, 0) is 0 Å². The van der Waals surface area contributed by atoms with Crippen molar-refractivity contribution in [3.63, 3.8) is 0 Å². The number of hydrogen-bond acceptors (Lipinski definition) is 4. The number of para-hydroxylation sites is 3. The zero-order valence-electron chi connectivity index (χ0n) is 38.5. The van der Waals surface area contributed by atoms with Crippen LogP contribution in [0.4, 0.5) is 0 Å². The number of fused-ring (bicyclic) bond motifs is 9. The van der Waals surface area contributed by atoms with Gasteiger partial charge in [0, 0.05) is 58.5 Å². The summed E-state index contributed by atoms with van der Waals surface area (Å²) in [6.07, 6.45) is 0. The van der Waals surface area contributed by atoms with Crippen molar-refractivity contribution in [2.75, 3.05) is 0 Å². The Labute approximate surface area is 373 Å². The van der Waals surface area contributed by atoms with Crippen LogP contribution >= 0.6 is 11.3 Å². The highest BCUT2D eigenvalue weighted by atomic mass is 32.1. The van der Waals surface area contributed by atoms with E-state index in [1.165, 1.54) is 0 Å². The molecule has 0 saturated heterocycles. The third kappa shape index (κ3) is 5.73. The smallest absolute Gasteiger partial charge is 0.238 e. The molecule has 0 atom stereocenters. The average Bonchev–Trinajstić information content (AvgIpc) is 4.05. The maximum Gasteiger partial charge on any atom is 0.238 e. The van der Waals surface area contributed by atoms with E-state index < -0.39 is 30.2 Å². The van der Waals surface area contributed by atoms with Gasteiger partial charge in [-0.1, -0.05) is 164 Å². The van der Waals surface area contributed by atoms with Crippen molar-refractivity contribution in [3.05, 3.63) is 212 Å². The first kappa shape index (κ1) is 30.8. The summed E-state index contributed by atoms with van der Waals surface area (Å²) >= 11 is 1.65. The van der Waals surface area contributed by atoms with Crippen LogP contribution in [0.3, 0.4) is 0 Å². The van der Waals surface area contributed by atoms with Crippen molar-refractivity contribution in [2.45, 2.75) is 0 Å². The van der Waals surface area contributed by atoms with E-state index in [1.54, 1.807) is 11.3 Å². The fourth-order valence-electron chi connectivity index (χ4n) is 9.22. The number of rotatable bonds is 6. The van der Waals surface area contributed by atoms with Crippen molar-refractivity contribution >= 4 is 75.1 Å². The fraction of sp³-hybridized carbons (Fsp3) is 0. The van der Waals surface area contributed by atoms with Crippen molar-refractivity contribution in [2.24, 2.45) is 0 Å². The molecular formula is C57H35N5S. The minimum Gasteiger partial charge on any atom is -0.309 e. The van der Waals surface area contributed by atoms with Gasteiger partial charge in [-0.2, -0.15) is 9.97 Å². The van der Waals surface area contributed by atoms with Crippen LogP contribution in [0.15, 0.2) is 212 Å². The van der Waals surface area contributed by atoms with Gasteiger partial charge in [0.05, 0.1) is 28.9 Å². The summed E-state index contributed by atoms with van der Waals surface area (Å²) in [4.78, 5) is 15.7. The predicted molar refractivity (Wildman–Crippen MR) is 263 cm³/mol. The van der Waals surface area contributed by atoms with Crippen molar-refractivity contribution < 1.29 is 6.85 Å². The van der Waals surface area contributed by atoms with E-state index in [4.69, 9.17) is 19.1 Å². The molecule has 13 aromatic rings. The van der Waals surface area contributed by atoms with Gasteiger partial charge in [-0.05, 0) is 70.8 Å². The lowest BCUT2D eigenvalue weighted by molar-refractivity contribution is 0.954. The molecule has 4 aromatic heterocycles. The Hall–Kier alpha value is -8.19. The highest BCUT2D eigenvalue weighted by molar-refractivity contribution is 7.26. The third-order valence-electron chi connectivity index (χ3n) is 12.1. The van der Waals surface area contributed by atoms with Crippen LogP contribution in [0.5, 0.6) is 0 Å². The molecule has 0 aliphatic heterocycles. The molecule has 9 aromatic carbocycles. The van der Waals surface area contributed by atoms with Gasteiger partial charge in [0.15, 0.2) is 11.6 Å². The zero-order valence-corrected chi connectivity index (χ0v) is 34.3. The lowest BCUT2D eigenvalue weighted by Crippen LogP contribution is -2.07. The summed E-state index contributed by atoms with van der Waals surface area (Å²) in [5.74, 6) is 0.510. The molecule has 63 heavy (non-hydrogen) atoms. The second-order valence-electron chi connectivity index (χ2n) is 15.7. The second kappa shape index (κ2) is 14.2. The molecule has 0 aliphatic rings. The topological polar surface area (TPSA) is 48.5 Å². The van der Waals surface area contributed by atoms with Crippen LogP contribution in [0.1, 0.15) is 6.85 Å². The van der Waals surface area contributed by atoms with E-state index >= 15 is 0 Å². The van der Waals surface area contributed by atoms with E-state index in [2.05, 4.69) is 144 Å². The predicted octanol–water partition coefficient (Wildman–Crippen LogP) is 15.1. The second-order valence-corrected chi connectivity index (χ2v) is 16.7. The van der Waals surface area contributed by atoms with Gasteiger partial charge in [0.25, 0.3) is 0 Å². The van der Waals surface area contributed by atoms with Gasteiger partial charge in [-0.25, -0.2) is 4.98 Å². The van der Waals surface area contributed by atoms with Crippen LogP contribution in [-0.4, -0.2) is 24.1 Å². The highest BCUT2D eigenvalue weighted by Crippen LogP contribution is 2.44.